The largest absolute Gasteiger partial charge is 0.461 e. The molecule has 1 rings (SSSR count). The number of rotatable bonds is 2. The molecular formula is C8H11N3O4. The Labute approximate surface area is 85.0 Å². The van der Waals surface area contributed by atoms with Crippen molar-refractivity contribution in [2.75, 3.05) is 13.7 Å². The molecule has 0 aliphatic heterocycles. The molecule has 0 radical (unpaired) electrons. The summed E-state index contributed by atoms with van der Waals surface area (Å²) in [4.78, 5) is 33.5. The summed E-state index contributed by atoms with van der Waals surface area (Å²) in [5.74, 6) is -0.669. The summed E-state index contributed by atoms with van der Waals surface area (Å²) in [6.07, 6.45) is 0. The summed E-state index contributed by atoms with van der Waals surface area (Å²) in [5, 5.41) is 4.58. The maximum Gasteiger partial charge on any atom is 0.356 e. The second-order valence-corrected chi connectivity index (χ2v) is 2.62. The zero-order valence-electron chi connectivity index (χ0n) is 8.36. The molecule has 0 spiro atoms. The minimum absolute atomic E-state index is 0.0505. The lowest BCUT2D eigenvalue weighted by Gasteiger charge is -1.99. The van der Waals surface area contributed by atoms with Gasteiger partial charge in [-0.25, -0.2) is 9.59 Å². The number of H-pyrrole nitrogens is 1. The second kappa shape index (κ2) is 4.45. The van der Waals surface area contributed by atoms with Crippen molar-refractivity contribution in [3.05, 3.63) is 22.1 Å². The van der Waals surface area contributed by atoms with Gasteiger partial charge in [-0.3, -0.25) is 9.89 Å². The van der Waals surface area contributed by atoms with Crippen LogP contribution in [0.25, 0.3) is 0 Å². The molecule has 1 aromatic heterocycles. The van der Waals surface area contributed by atoms with Crippen molar-refractivity contribution in [3.8, 4) is 0 Å². The lowest BCUT2D eigenvalue weighted by molar-refractivity contribution is 0.0519. The quantitative estimate of drug-likeness (QED) is 0.650. The Balaban J connectivity index is 3.00. The topological polar surface area (TPSA) is 93.2 Å². The summed E-state index contributed by atoms with van der Waals surface area (Å²) in [7, 11) is 1.37. The smallest absolute Gasteiger partial charge is 0.356 e. The molecule has 1 aromatic rings. The molecular weight excluding hydrogens is 202 g/mol. The van der Waals surface area contributed by atoms with E-state index in [0.29, 0.717) is 4.68 Å². The highest BCUT2D eigenvalue weighted by Crippen LogP contribution is 1.94. The van der Waals surface area contributed by atoms with Gasteiger partial charge in [0.15, 0.2) is 0 Å². The molecule has 0 aliphatic carbocycles. The maximum absolute atomic E-state index is 11.2. The number of aromatic amines is 1. The van der Waals surface area contributed by atoms with Gasteiger partial charge in [-0.15, -0.1) is 0 Å². The highest BCUT2D eigenvalue weighted by molar-refractivity contribution is 5.88. The first kappa shape index (κ1) is 11.0. The Morgan fingerprint density at radius 3 is 2.80 bits per heavy atom. The average molecular weight is 213 g/mol. The number of hydrogen-bond donors (Lipinski definition) is 2. The monoisotopic (exact) mass is 213 g/mol. The highest BCUT2D eigenvalue weighted by atomic mass is 16.5. The van der Waals surface area contributed by atoms with Crippen molar-refractivity contribution in [3.63, 3.8) is 0 Å². The van der Waals surface area contributed by atoms with Crippen molar-refractivity contribution in [1.29, 1.82) is 0 Å². The van der Waals surface area contributed by atoms with Gasteiger partial charge >= 0.3 is 12.0 Å². The third-order valence-corrected chi connectivity index (χ3v) is 1.63. The minimum atomic E-state index is -0.669. The predicted octanol–water partition coefficient (Wildman–Crippen LogP) is -0.459. The molecule has 0 aromatic carbocycles. The van der Waals surface area contributed by atoms with E-state index < -0.39 is 17.6 Å². The van der Waals surface area contributed by atoms with Crippen molar-refractivity contribution in [1.82, 2.24) is 15.1 Å². The van der Waals surface area contributed by atoms with Crippen LogP contribution in [0.4, 0.5) is 4.79 Å². The molecule has 0 atom stereocenters. The number of hydrogen-bond acceptors (Lipinski definition) is 4. The van der Waals surface area contributed by atoms with E-state index in [-0.39, 0.29) is 12.3 Å². The minimum Gasteiger partial charge on any atom is -0.461 e. The van der Waals surface area contributed by atoms with Crippen LogP contribution in [-0.2, 0) is 4.74 Å². The van der Waals surface area contributed by atoms with Crippen molar-refractivity contribution < 1.29 is 14.3 Å². The molecule has 0 bridgehead atoms. The van der Waals surface area contributed by atoms with Gasteiger partial charge in [-0.1, -0.05) is 0 Å². The number of nitrogens with zero attached hydrogens (tertiary/aromatic N) is 1. The number of esters is 1. The van der Waals surface area contributed by atoms with Crippen LogP contribution in [0.15, 0.2) is 10.9 Å². The van der Waals surface area contributed by atoms with Crippen LogP contribution in [0.2, 0.25) is 0 Å². The highest BCUT2D eigenvalue weighted by Gasteiger charge is 2.14. The fourth-order valence-electron chi connectivity index (χ4n) is 0.972. The first-order chi connectivity index (χ1) is 7.10. The third-order valence-electron chi connectivity index (χ3n) is 1.63. The number of amides is 1. The molecule has 0 saturated carbocycles. The fraction of sp³-hybridized carbons (Fsp3) is 0.375. The van der Waals surface area contributed by atoms with E-state index in [1.54, 1.807) is 6.92 Å². The first-order valence-corrected chi connectivity index (χ1v) is 4.31. The predicted molar refractivity (Wildman–Crippen MR) is 50.9 cm³/mol. The Kier molecular flexibility index (Phi) is 3.27. The van der Waals surface area contributed by atoms with Gasteiger partial charge in [0.25, 0.3) is 5.56 Å². The van der Waals surface area contributed by atoms with Gasteiger partial charge in [0, 0.05) is 13.1 Å². The van der Waals surface area contributed by atoms with Gasteiger partial charge in [0.1, 0.15) is 5.69 Å². The first-order valence-electron chi connectivity index (χ1n) is 4.31. The van der Waals surface area contributed by atoms with E-state index in [1.165, 1.54) is 7.05 Å². The third kappa shape index (κ3) is 2.25. The molecule has 7 heteroatoms. The maximum atomic E-state index is 11.2. The number of nitrogens with one attached hydrogen (secondary N) is 2. The lowest BCUT2D eigenvalue weighted by Crippen LogP contribution is -2.32. The number of carbonyl (C=O) groups excluding carboxylic acids is 2. The van der Waals surface area contributed by atoms with Crippen LogP contribution in [0.3, 0.4) is 0 Å². The van der Waals surface area contributed by atoms with Crippen molar-refractivity contribution in [2.24, 2.45) is 0 Å². The average Bonchev–Trinajstić information content (AvgIpc) is 2.60. The lowest BCUT2D eigenvalue weighted by atomic mass is 10.4. The zero-order chi connectivity index (χ0) is 11.4. The van der Waals surface area contributed by atoms with Gasteiger partial charge in [0.05, 0.1) is 6.61 Å². The molecule has 0 saturated heterocycles. The van der Waals surface area contributed by atoms with Crippen LogP contribution < -0.4 is 10.9 Å². The Morgan fingerprint density at radius 1 is 1.60 bits per heavy atom. The normalized spacial score (nSPS) is 9.73. The molecule has 0 aliphatic rings. The Morgan fingerprint density at radius 2 is 2.27 bits per heavy atom. The molecule has 2 N–H and O–H groups in total. The molecule has 7 nitrogen and oxygen atoms in total. The van der Waals surface area contributed by atoms with Crippen molar-refractivity contribution >= 4 is 12.0 Å². The number of aromatic nitrogens is 2. The summed E-state index contributed by atoms with van der Waals surface area (Å²) in [6, 6.07) is 0.364. The van der Waals surface area contributed by atoms with Gasteiger partial charge in [-0.2, -0.15) is 4.68 Å². The number of carbonyl (C=O) groups is 2. The van der Waals surface area contributed by atoms with Gasteiger partial charge in [-0.05, 0) is 6.92 Å². The Bertz CT molecular complexity index is 431. The van der Waals surface area contributed by atoms with Gasteiger partial charge < -0.3 is 10.1 Å². The molecule has 82 valence electrons. The summed E-state index contributed by atoms with van der Waals surface area (Å²) in [6.45, 7) is 1.85. The SMILES string of the molecule is CCOC(=O)c1cc(=O)n(C(=O)NC)[nH]1. The zero-order valence-corrected chi connectivity index (χ0v) is 8.36. The molecule has 15 heavy (non-hydrogen) atoms. The van der Waals surface area contributed by atoms with E-state index in [9.17, 15) is 14.4 Å². The second-order valence-electron chi connectivity index (χ2n) is 2.62. The molecule has 0 fully saturated rings. The van der Waals surface area contributed by atoms with Crippen LogP contribution in [0.5, 0.6) is 0 Å². The van der Waals surface area contributed by atoms with E-state index in [2.05, 4.69) is 15.2 Å². The van der Waals surface area contributed by atoms with E-state index in [0.717, 1.165) is 6.07 Å². The number of ether oxygens (including phenoxy) is 1. The Hall–Kier alpha value is -2.05. The fourth-order valence-corrected chi connectivity index (χ4v) is 0.972. The van der Waals surface area contributed by atoms with Gasteiger partial charge in [0.2, 0.25) is 0 Å². The summed E-state index contributed by atoms with van der Waals surface area (Å²) in [5.41, 5.74) is -0.664. The van der Waals surface area contributed by atoms with Crippen LogP contribution in [0.1, 0.15) is 17.4 Å². The van der Waals surface area contributed by atoms with E-state index in [4.69, 9.17) is 0 Å². The van der Waals surface area contributed by atoms with Crippen LogP contribution in [0, 0.1) is 0 Å². The molecule has 0 unspecified atom stereocenters. The van der Waals surface area contributed by atoms with E-state index in [1.807, 2.05) is 0 Å². The summed E-state index contributed by atoms with van der Waals surface area (Å²) < 4.78 is 5.34. The standard InChI is InChI=1S/C8H11N3O4/c1-3-15-7(13)5-4-6(12)11(10-5)8(14)9-2/h4,10H,3H2,1-2H3,(H,9,14). The summed E-state index contributed by atoms with van der Waals surface area (Å²) >= 11 is 0. The van der Waals surface area contributed by atoms with Crippen LogP contribution in [-0.4, -0.2) is 35.4 Å². The molecule has 1 amide bonds. The van der Waals surface area contributed by atoms with Crippen molar-refractivity contribution in [2.45, 2.75) is 6.92 Å². The van der Waals surface area contributed by atoms with E-state index >= 15 is 0 Å². The molecule has 1 heterocycles. The van der Waals surface area contributed by atoms with Crippen LogP contribution >= 0.6 is 0 Å².